The maximum atomic E-state index is 9.61. The van der Waals surface area contributed by atoms with Crippen LogP contribution in [0.3, 0.4) is 0 Å². The third-order valence-electron chi connectivity index (χ3n) is 5.02. The molecule has 0 spiro atoms. The highest BCUT2D eigenvalue weighted by Crippen LogP contribution is 2.31. The first-order chi connectivity index (χ1) is 13.7. The Morgan fingerprint density at radius 2 is 2.07 bits per heavy atom. The summed E-state index contributed by atoms with van der Waals surface area (Å²) in [5, 5.41) is 14.5. The SMILES string of the molecule is COCc1noc(CN2CCN(c3c(C#N)cnc4c(C)cccc34)CC2)n1. The lowest BCUT2D eigenvalue weighted by atomic mass is 10.0. The van der Waals surface area contributed by atoms with E-state index in [2.05, 4.69) is 31.0 Å². The number of anilines is 1. The zero-order chi connectivity index (χ0) is 19.5. The average molecular weight is 378 g/mol. The number of pyridine rings is 1. The number of piperazine rings is 1. The minimum Gasteiger partial charge on any atom is -0.377 e. The van der Waals surface area contributed by atoms with Gasteiger partial charge in [-0.05, 0) is 12.5 Å². The van der Waals surface area contributed by atoms with Gasteiger partial charge in [0.2, 0.25) is 5.89 Å². The van der Waals surface area contributed by atoms with Crippen LogP contribution >= 0.6 is 0 Å². The molecule has 28 heavy (non-hydrogen) atoms. The fourth-order valence-corrected chi connectivity index (χ4v) is 3.64. The van der Waals surface area contributed by atoms with Crippen molar-refractivity contribution in [1.82, 2.24) is 20.0 Å². The van der Waals surface area contributed by atoms with Crippen LogP contribution in [0.5, 0.6) is 0 Å². The molecule has 1 aliphatic rings. The van der Waals surface area contributed by atoms with Gasteiger partial charge in [0.1, 0.15) is 12.7 Å². The van der Waals surface area contributed by atoms with Crippen LogP contribution in [-0.4, -0.2) is 53.3 Å². The predicted molar refractivity (Wildman–Crippen MR) is 104 cm³/mol. The summed E-state index contributed by atoms with van der Waals surface area (Å²) >= 11 is 0. The summed E-state index contributed by atoms with van der Waals surface area (Å²) in [6.07, 6.45) is 1.69. The summed E-state index contributed by atoms with van der Waals surface area (Å²) in [6, 6.07) is 8.42. The minimum absolute atomic E-state index is 0.350. The van der Waals surface area contributed by atoms with Crippen molar-refractivity contribution in [2.45, 2.75) is 20.1 Å². The Kier molecular flexibility index (Phi) is 5.19. The molecule has 0 saturated carbocycles. The first kappa shape index (κ1) is 18.3. The van der Waals surface area contributed by atoms with E-state index in [4.69, 9.17) is 9.26 Å². The van der Waals surface area contributed by atoms with Crippen molar-refractivity contribution in [3.8, 4) is 6.07 Å². The Bertz CT molecular complexity index is 1020. The molecular weight excluding hydrogens is 356 g/mol. The average Bonchev–Trinajstić information content (AvgIpc) is 3.15. The molecule has 0 N–H and O–H groups in total. The van der Waals surface area contributed by atoms with Gasteiger partial charge in [-0.3, -0.25) is 9.88 Å². The molecule has 0 radical (unpaired) electrons. The number of aromatic nitrogens is 3. The molecule has 8 nitrogen and oxygen atoms in total. The largest absolute Gasteiger partial charge is 0.377 e. The van der Waals surface area contributed by atoms with Gasteiger partial charge in [0.15, 0.2) is 5.82 Å². The molecule has 4 rings (SSSR count). The quantitative estimate of drug-likeness (QED) is 0.668. The molecule has 0 amide bonds. The zero-order valence-corrected chi connectivity index (χ0v) is 16.1. The van der Waals surface area contributed by atoms with Gasteiger partial charge < -0.3 is 14.2 Å². The number of methoxy groups -OCH3 is 1. The molecule has 0 aliphatic carbocycles. The predicted octanol–water partition coefficient (Wildman–Crippen LogP) is 2.27. The molecule has 1 saturated heterocycles. The van der Waals surface area contributed by atoms with E-state index in [1.807, 2.05) is 25.1 Å². The number of nitriles is 1. The van der Waals surface area contributed by atoms with Crippen molar-refractivity contribution in [1.29, 1.82) is 5.26 Å². The normalized spacial score (nSPS) is 15.1. The number of rotatable bonds is 5. The number of hydrogen-bond donors (Lipinski definition) is 0. The van der Waals surface area contributed by atoms with Crippen LogP contribution in [0.15, 0.2) is 28.9 Å². The molecule has 1 aliphatic heterocycles. The smallest absolute Gasteiger partial charge is 0.240 e. The number of aryl methyl sites for hydroxylation is 1. The second kappa shape index (κ2) is 7.92. The van der Waals surface area contributed by atoms with Gasteiger partial charge >= 0.3 is 0 Å². The summed E-state index contributed by atoms with van der Waals surface area (Å²) < 4.78 is 10.3. The molecule has 144 valence electrons. The van der Waals surface area contributed by atoms with Crippen molar-refractivity contribution < 1.29 is 9.26 Å². The third-order valence-corrected chi connectivity index (χ3v) is 5.02. The van der Waals surface area contributed by atoms with Gasteiger partial charge in [-0.2, -0.15) is 10.2 Å². The van der Waals surface area contributed by atoms with Crippen molar-refractivity contribution >= 4 is 16.6 Å². The van der Waals surface area contributed by atoms with Gasteiger partial charge in [-0.15, -0.1) is 0 Å². The Hall–Kier alpha value is -3.02. The summed E-state index contributed by atoms with van der Waals surface area (Å²) in [4.78, 5) is 13.4. The van der Waals surface area contributed by atoms with E-state index in [9.17, 15) is 5.26 Å². The van der Waals surface area contributed by atoms with E-state index in [0.29, 0.717) is 30.4 Å². The molecule has 0 atom stereocenters. The van der Waals surface area contributed by atoms with Crippen molar-refractivity contribution in [2.75, 3.05) is 38.2 Å². The van der Waals surface area contributed by atoms with Gasteiger partial charge in [0.25, 0.3) is 0 Å². The van der Waals surface area contributed by atoms with Crippen LogP contribution in [0.1, 0.15) is 22.8 Å². The second-order valence-corrected chi connectivity index (χ2v) is 6.90. The van der Waals surface area contributed by atoms with Crippen LogP contribution in [-0.2, 0) is 17.9 Å². The fourth-order valence-electron chi connectivity index (χ4n) is 3.64. The van der Waals surface area contributed by atoms with Gasteiger partial charge in [0, 0.05) is 44.9 Å². The van der Waals surface area contributed by atoms with Gasteiger partial charge in [-0.1, -0.05) is 23.4 Å². The lowest BCUT2D eigenvalue weighted by Gasteiger charge is -2.36. The highest BCUT2D eigenvalue weighted by molar-refractivity contribution is 5.96. The van der Waals surface area contributed by atoms with Crippen LogP contribution in [0, 0.1) is 18.3 Å². The topological polar surface area (TPSA) is 91.3 Å². The monoisotopic (exact) mass is 378 g/mol. The number of fused-ring (bicyclic) bond motifs is 1. The number of hydrogen-bond acceptors (Lipinski definition) is 8. The highest BCUT2D eigenvalue weighted by Gasteiger charge is 2.23. The second-order valence-electron chi connectivity index (χ2n) is 6.90. The van der Waals surface area contributed by atoms with Crippen molar-refractivity contribution in [2.24, 2.45) is 0 Å². The van der Waals surface area contributed by atoms with E-state index in [-0.39, 0.29) is 0 Å². The van der Waals surface area contributed by atoms with Crippen LogP contribution in [0.4, 0.5) is 5.69 Å². The Morgan fingerprint density at radius 3 is 2.82 bits per heavy atom. The highest BCUT2D eigenvalue weighted by atomic mass is 16.5. The fraction of sp³-hybridized carbons (Fsp3) is 0.400. The summed E-state index contributed by atoms with van der Waals surface area (Å²) in [5.74, 6) is 1.16. The number of ether oxygens (including phenoxy) is 1. The molecule has 0 unspecified atom stereocenters. The van der Waals surface area contributed by atoms with Crippen LogP contribution in [0.2, 0.25) is 0 Å². The Balaban J connectivity index is 1.50. The zero-order valence-electron chi connectivity index (χ0n) is 16.1. The van der Waals surface area contributed by atoms with E-state index in [1.54, 1.807) is 13.3 Å². The maximum Gasteiger partial charge on any atom is 0.240 e. The van der Waals surface area contributed by atoms with Gasteiger partial charge in [0.05, 0.1) is 23.3 Å². The first-order valence-electron chi connectivity index (χ1n) is 9.25. The minimum atomic E-state index is 0.350. The third kappa shape index (κ3) is 3.54. The number of nitrogens with zero attached hydrogens (tertiary/aromatic N) is 6. The van der Waals surface area contributed by atoms with E-state index in [1.165, 1.54) is 0 Å². The molecule has 1 aromatic carbocycles. The molecule has 3 aromatic rings. The lowest BCUT2D eigenvalue weighted by Crippen LogP contribution is -2.46. The molecule has 2 aromatic heterocycles. The molecule has 3 heterocycles. The van der Waals surface area contributed by atoms with Crippen LogP contribution in [0.25, 0.3) is 10.9 Å². The standard InChI is InChI=1S/C20H22N6O2/c1-14-4-3-5-16-19(14)22-11-15(10-21)20(16)26-8-6-25(7-9-26)12-18-23-17(13-27-2)24-28-18/h3-5,11H,6-9,12-13H2,1-2H3. The maximum absolute atomic E-state index is 9.61. The first-order valence-corrected chi connectivity index (χ1v) is 9.25. The summed E-state index contributed by atoms with van der Waals surface area (Å²) in [7, 11) is 1.61. The molecule has 0 bridgehead atoms. The van der Waals surface area contributed by atoms with Crippen molar-refractivity contribution in [3.63, 3.8) is 0 Å². The molecule has 8 heteroatoms. The van der Waals surface area contributed by atoms with Crippen LogP contribution < -0.4 is 4.90 Å². The Labute approximate surface area is 163 Å². The molecule has 1 fully saturated rings. The van der Waals surface area contributed by atoms with Crippen molar-refractivity contribution in [3.05, 3.63) is 47.2 Å². The van der Waals surface area contributed by atoms with E-state index >= 15 is 0 Å². The van der Waals surface area contributed by atoms with E-state index in [0.717, 1.165) is 48.3 Å². The summed E-state index contributed by atoms with van der Waals surface area (Å²) in [5.41, 5.74) is 3.67. The lowest BCUT2D eigenvalue weighted by molar-refractivity contribution is 0.174. The number of benzene rings is 1. The molecular formula is C20H22N6O2. The Morgan fingerprint density at radius 1 is 1.25 bits per heavy atom. The van der Waals surface area contributed by atoms with E-state index < -0.39 is 0 Å². The summed E-state index contributed by atoms with van der Waals surface area (Å²) in [6.45, 7) is 6.35. The van der Waals surface area contributed by atoms with Gasteiger partial charge in [-0.25, -0.2) is 0 Å². The number of para-hydroxylation sites is 1.